The minimum atomic E-state index is -1.19. The van der Waals surface area contributed by atoms with Gasteiger partial charge in [-0.15, -0.1) is 0 Å². The molecule has 1 amide bonds. The van der Waals surface area contributed by atoms with Crippen molar-refractivity contribution in [1.29, 1.82) is 0 Å². The first-order valence-corrected chi connectivity index (χ1v) is 6.77. The van der Waals surface area contributed by atoms with Gasteiger partial charge in [-0.3, -0.25) is 0 Å². The van der Waals surface area contributed by atoms with E-state index in [1.807, 2.05) is 0 Å². The standard InChI is InChI=1S/C14H25NO7/c1-13(2,3)21-11(17)15-9(10(16)19-7)8-20-12(18)22-14(4,5)6/h9H,8H2,1-7H3,(H,15,17)/t9-/m0/s1. The second-order valence-corrected chi connectivity index (χ2v) is 6.50. The van der Waals surface area contributed by atoms with Gasteiger partial charge in [0.25, 0.3) is 0 Å². The summed E-state index contributed by atoms with van der Waals surface area (Å²) in [5, 5.41) is 2.27. The van der Waals surface area contributed by atoms with Crippen LogP contribution in [-0.4, -0.2) is 49.2 Å². The fourth-order valence-electron chi connectivity index (χ4n) is 1.19. The van der Waals surface area contributed by atoms with E-state index in [1.54, 1.807) is 41.5 Å². The third-order valence-electron chi connectivity index (χ3n) is 1.93. The lowest BCUT2D eigenvalue weighted by Gasteiger charge is -2.23. The summed E-state index contributed by atoms with van der Waals surface area (Å²) >= 11 is 0. The highest BCUT2D eigenvalue weighted by Crippen LogP contribution is 2.09. The van der Waals surface area contributed by atoms with Crippen molar-refractivity contribution >= 4 is 18.2 Å². The lowest BCUT2D eigenvalue weighted by Crippen LogP contribution is -2.47. The highest BCUT2D eigenvalue weighted by Gasteiger charge is 2.27. The third-order valence-corrected chi connectivity index (χ3v) is 1.93. The average molecular weight is 319 g/mol. The van der Waals surface area contributed by atoms with Crippen LogP contribution in [0.25, 0.3) is 0 Å². The first-order chi connectivity index (χ1) is 9.84. The maximum Gasteiger partial charge on any atom is 0.508 e. The number of rotatable bonds is 4. The lowest BCUT2D eigenvalue weighted by atomic mass is 10.2. The Morgan fingerprint density at radius 2 is 1.45 bits per heavy atom. The van der Waals surface area contributed by atoms with Crippen molar-refractivity contribution in [3.05, 3.63) is 0 Å². The summed E-state index contributed by atoms with van der Waals surface area (Å²) in [4.78, 5) is 34.7. The molecule has 0 spiro atoms. The topological polar surface area (TPSA) is 100 Å². The minimum absolute atomic E-state index is 0.430. The van der Waals surface area contributed by atoms with Gasteiger partial charge in [0.05, 0.1) is 7.11 Å². The van der Waals surface area contributed by atoms with Crippen LogP contribution in [0.2, 0.25) is 0 Å². The molecule has 0 aliphatic heterocycles. The second-order valence-electron chi connectivity index (χ2n) is 6.50. The number of amides is 1. The van der Waals surface area contributed by atoms with Crippen molar-refractivity contribution in [2.45, 2.75) is 58.8 Å². The molecular formula is C14H25NO7. The number of ether oxygens (including phenoxy) is 4. The molecule has 0 saturated heterocycles. The Balaban J connectivity index is 4.57. The molecule has 1 N–H and O–H groups in total. The molecule has 0 fully saturated rings. The van der Waals surface area contributed by atoms with Crippen molar-refractivity contribution in [3.63, 3.8) is 0 Å². The summed E-state index contributed by atoms with van der Waals surface area (Å²) in [5.41, 5.74) is -1.45. The van der Waals surface area contributed by atoms with E-state index in [1.165, 1.54) is 0 Å². The van der Waals surface area contributed by atoms with Crippen molar-refractivity contribution in [2.75, 3.05) is 13.7 Å². The van der Waals surface area contributed by atoms with Gasteiger partial charge in [-0.05, 0) is 41.5 Å². The van der Waals surface area contributed by atoms with E-state index in [0.717, 1.165) is 7.11 Å². The molecule has 8 heteroatoms. The van der Waals surface area contributed by atoms with E-state index in [0.29, 0.717) is 0 Å². The first kappa shape index (κ1) is 20.0. The van der Waals surface area contributed by atoms with Crippen LogP contribution in [0, 0.1) is 0 Å². The van der Waals surface area contributed by atoms with Crippen molar-refractivity contribution < 1.29 is 33.3 Å². The number of nitrogens with one attached hydrogen (secondary N) is 1. The number of methoxy groups -OCH3 is 1. The maximum absolute atomic E-state index is 11.7. The highest BCUT2D eigenvalue weighted by atomic mass is 16.7. The zero-order valence-corrected chi connectivity index (χ0v) is 14.1. The molecule has 0 aliphatic carbocycles. The third kappa shape index (κ3) is 9.84. The molecule has 0 heterocycles. The van der Waals surface area contributed by atoms with Gasteiger partial charge in [-0.2, -0.15) is 0 Å². The van der Waals surface area contributed by atoms with Crippen LogP contribution >= 0.6 is 0 Å². The minimum Gasteiger partial charge on any atom is -0.467 e. The molecule has 0 aromatic heterocycles. The molecular weight excluding hydrogens is 294 g/mol. The lowest BCUT2D eigenvalue weighted by molar-refractivity contribution is -0.144. The maximum atomic E-state index is 11.7. The average Bonchev–Trinajstić information content (AvgIpc) is 2.28. The molecule has 0 aromatic rings. The summed E-state index contributed by atoms with van der Waals surface area (Å²) < 4.78 is 19.3. The number of carbonyl (C=O) groups excluding carboxylic acids is 3. The van der Waals surface area contributed by atoms with Crippen molar-refractivity contribution in [1.82, 2.24) is 5.32 Å². The zero-order valence-electron chi connectivity index (χ0n) is 14.1. The van der Waals surface area contributed by atoms with Gasteiger partial charge in [0.15, 0.2) is 6.04 Å². The largest absolute Gasteiger partial charge is 0.508 e. The monoisotopic (exact) mass is 319 g/mol. The van der Waals surface area contributed by atoms with Gasteiger partial charge in [0.2, 0.25) is 0 Å². The summed E-state index contributed by atoms with van der Waals surface area (Å²) in [5.74, 6) is -0.769. The first-order valence-electron chi connectivity index (χ1n) is 6.77. The van der Waals surface area contributed by atoms with Gasteiger partial charge in [-0.1, -0.05) is 0 Å². The van der Waals surface area contributed by atoms with E-state index in [-0.39, 0.29) is 0 Å². The highest BCUT2D eigenvalue weighted by molar-refractivity contribution is 5.81. The molecule has 128 valence electrons. The fourth-order valence-corrected chi connectivity index (χ4v) is 1.19. The van der Waals surface area contributed by atoms with E-state index in [9.17, 15) is 14.4 Å². The molecule has 8 nitrogen and oxygen atoms in total. The quantitative estimate of drug-likeness (QED) is 0.625. The van der Waals surface area contributed by atoms with Crippen LogP contribution in [-0.2, 0) is 23.7 Å². The number of hydrogen-bond donors (Lipinski definition) is 1. The molecule has 0 aliphatic rings. The van der Waals surface area contributed by atoms with Gasteiger partial charge in [-0.25, -0.2) is 14.4 Å². The molecule has 1 atom stereocenters. The summed E-state index contributed by atoms with van der Waals surface area (Å²) in [6.07, 6.45) is -1.77. The van der Waals surface area contributed by atoms with Crippen LogP contribution in [0.15, 0.2) is 0 Å². The Kier molecular flexibility index (Phi) is 7.15. The SMILES string of the molecule is COC(=O)[C@H](COC(=O)OC(C)(C)C)NC(=O)OC(C)(C)C. The molecule has 0 bridgehead atoms. The molecule has 22 heavy (non-hydrogen) atoms. The van der Waals surface area contributed by atoms with Crippen LogP contribution in [0.3, 0.4) is 0 Å². The fraction of sp³-hybridized carbons (Fsp3) is 0.786. The number of carbonyl (C=O) groups is 3. The van der Waals surface area contributed by atoms with E-state index in [4.69, 9.17) is 14.2 Å². The van der Waals surface area contributed by atoms with Crippen molar-refractivity contribution in [2.24, 2.45) is 0 Å². The van der Waals surface area contributed by atoms with Gasteiger partial charge in [0.1, 0.15) is 17.8 Å². The number of alkyl carbamates (subject to hydrolysis) is 1. The Labute approximate surface area is 130 Å². The van der Waals surface area contributed by atoms with E-state index in [2.05, 4.69) is 10.1 Å². The summed E-state index contributed by atoms with van der Waals surface area (Å²) in [6, 6.07) is -1.19. The van der Waals surface area contributed by atoms with Crippen molar-refractivity contribution in [3.8, 4) is 0 Å². The predicted molar refractivity (Wildman–Crippen MR) is 77.4 cm³/mol. The van der Waals surface area contributed by atoms with Gasteiger partial charge < -0.3 is 24.3 Å². The van der Waals surface area contributed by atoms with Gasteiger partial charge in [0, 0.05) is 0 Å². The smallest absolute Gasteiger partial charge is 0.467 e. The predicted octanol–water partition coefficient (Wildman–Crippen LogP) is 2.00. The number of hydrogen-bond acceptors (Lipinski definition) is 7. The molecule has 0 radical (unpaired) electrons. The summed E-state index contributed by atoms with van der Waals surface area (Å²) in [7, 11) is 1.15. The van der Waals surface area contributed by atoms with Crippen LogP contribution in [0.1, 0.15) is 41.5 Å². The van der Waals surface area contributed by atoms with Gasteiger partial charge >= 0.3 is 18.2 Å². The Morgan fingerprint density at radius 3 is 1.86 bits per heavy atom. The molecule has 0 rings (SSSR count). The Bertz CT molecular complexity index is 406. The molecule has 0 unspecified atom stereocenters. The summed E-state index contributed by atoms with van der Waals surface area (Å²) in [6.45, 7) is 9.62. The normalized spacial score (nSPS) is 12.9. The molecule has 0 aromatic carbocycles. The van der Waals surface area contributed by atoms with E-state index < -0.39 is 42.1 Å². The Morgan fingerprint density at radius 1 is 0.955 bits per heavy atom. The molecule has 0 saturated carbocycles. The van der Waals surface area contributed by atoms with Crippen LogP contribution in [0.4, 0.5) is 9.59 Å². The Hall–Kier alpha value is -1.99. The zero-order chi connectivity index (χ0) is 17.6. The van der Waals surface area contributed by atoms with Crippen LogP contribution in [0.5, 0.6) is 0 Å². The number of esters is 1. The van der Waals surface area contributed by atoms with Crippen LogP contribution < -0.4 is 5.32 Å². The van der Waals surface area contributed by atoms with E-state index >= 15 is 0 Å². The second kappa shape index (κ2) is 7.86.